The van der Waals surface area contributed by atoms with Gasteiger partial charge in [-0.1, -0.05) is 70.2 Å². The minimum absolute atomic E-state index is 0.00351. The van der Waals surface area contributed by atoms with E-state index in [0.717, 1.165) is 24.0 Å². The second-order valence-corrected chi connectivity index (χ2v) is 15.8. The molecule has 0 aliphatic heterocycles. The third-order valence-corrected chi connectivity index (χ3v) is 11.0. The zero-order valence-corrected chi connectivity index (χ0v) is 35.4. The Morgan fingerprint density at radius 1 is 0.983 bits per heavy atom. The number of aliphatic hydroxyl groups excluding tert-OH is 2. The molecule has 0 amide bonds. The minimum Gasteiger partial charge on any atom is -0.493 e. The third-order valence-electron chi connectivity index (χ3n) is 11.0. The maximum atomic E-state index is 12.8. The SMILES string of the molecule is CC[C@H](C)C(=O)O[C@H]1C[C@@H](C)C=C2C=C[C@H](C)[C@H](CC[C@@H](O)C[C@@H](O)CC(=O)OCc3cccc(COc4ccc(/C=C/C(=O)OCCCCO[N+](=O)[O-])cc4OC)c3)[C@H]21. The van der Waals surface area contributed by atoms with Crippen molar-refractivity contribution < 1.29 is 58.2 Å². The fourth-order valence-corrected chi connectivity index (χ4v) is 7.57. The van der Waals surface area contributed by atoms with Gasteiger partial charge in [-0.2, -0.15) is 0 Å². The highest BCUT2D eigenvalue weighted by Crippen LogP contribution is 2.45. The van der Waals surface area contributed by atoms with Crippen molar-refractivity contribution in [2.75, 3.05) is 20.3 Å². The molecule has 2 aromatic carbocycles. The first kappa shape index (κ1) is 47.5. The molecule has 0 unspecified atom stereocenters. The Labute approximate surface area is 352 Å². The van der Waals surface area contributed by atoms with Gasteiger partial charge in [-0.3, -0.25) is 9.59 Å². The molecule has 8 atom stereocenters. The molecule has 2 aliphatic rings. The molecule has 60 heavy (non-hydrogen) atoms. The Morgan fingerprint density at radius 3 is 2.47 bits per heavy atom. The van der Waals surface area contributed by atoms with Gasteiger partial charge in [0.15, 0.2) is 11.5 Å². The average Bonchev–Trinajstić information content (AvgIpc) is 3.22. The van der Waals surface area contributed by atoms with Gasteiger partial charge in [0.25, 0.3) is 5.09 Å². The van der Waals surface area contributed by atoms with E-state index in [2.05, 4.69) is 36.9 Å². The second kappa shape index (κ2) is 24.1. The summed E-state index contributed by atoms with van der Waals surface area (Å²) in [5.41, 5.74) is 3.41. The molecule has 14 nitrogen and oxygen atoms in total. The number of aliphatic hydroxyl groups is 2. The Kier molecular flexibility index (Phi) is 19.1. The number of hydrogen-bond acceptors (Lipinski definition) is 13. The third kappa shape index (κ3) is 15.4. The number of hydrogen-bond donors (Lipinski definition) is 2. The van der Waals surface area contributed by atoms with Crippen LogP contribution in [0.25, 0.3) is 6.08 Å². The van der Waals surface area contributed by atoms with Crippen molar-refractivity contribution in [3.8, 4) is 11.5 Å². The summed E-state index contributed by atoms with van der Waals surface area (Å²) < 4.78 is 28.2. The fraction of sp³-hybridized carbons (Fsp3) is 0.543. The standard InChI is InChI=1S/C46H61NO13/c1-6-31(3)46(52)60-42-23-30(2)22-36-15-12-32(4)39(45(36)42)17-16-37(48)26-38(49)27-44(51)58-29-35-11-9-10-34(24-35)28-57-40-18-13-33(25-41(40)55-5)14-19-43(50)56-20-7-8-21-59-47(53)54/h9-15,18-19,22,24-25,30-32,37-39,42,45,48-49H,6-8,16-17,20-21,23,26-29H2,1-5H3/b19-14+/t30-,31-,32-,37+,38+,39-,42-,45-/m0/s1. The van der Waals surface area contributed by atoms with Gasteiger partial charge in [0.05, 0.1) is 44.9 Å². The molecule has 2 N–H and O–H groups in total. The number of methoxy groups -OCH3 is 1. The van der Waals surface area contributed by atoms with E-state index in [4.69, 9.17) is 23.7 Å². The lowest BCUT2D eigenvalue weighted by atomic mass is 9.65. The zero-order valence-electron chi connectivity index (χ0n) is 35.4. The van der Waals surface area contributed by atoms with Gasteiger partial charge < -0.3 is 38.7 Å². The number of nitrogens with zero attached hydrogens (tertiary/aromatic N) is 1. The molecule has 328 valence electrons. The lowest BCUT2D eigenvalue weighted by Crippen LogP contribution is -2.41. The molecule has 0 heterocycles. The number of esters is 3. The molecule has 0 spiro atoms. The first-order valence-corrected chi connectivity index (χ1v) is 20.9. The van der Waals surface area contributed by atoms with Gasteiger partial charge in [-0.15, -0.1) is 10.1 Å². The number of unbranched alkanes of at least 4 members (excludes halogenated alkanes) is 1. The lowest BCUT2D eigenvalue weighted by molar-refractivity contribution is -0.757. The van der Waals surface area contributed by atoms with Crippen molar-refractivity contribution in [1.82, 2.24) is 0 Å². The molecule has 0 saturated heterocycles. The van der Waals surface area contributed by atoms with Crippen molar-refractivity contribution in [3.05, 3.63) is 99.1 Å². The minimum atomic E-state index is -1.07. The van der Waals surface area contributed by atoms with Crippen LogP contribution in [0.15, 0.2) is 72.3 Å². The molecule has 0 saturated carbocycles. The summed E-state index contributed by atoms with van der Waals surface area (Å²) in [5.74, 6) is 0.190. The van der Waals surface area contributed by atoms with Crippen molar-refractivity contribution in [2.45, 2.75) is 111 Å². The van der Waals surface area contributed by atoms with Crippen LogP contribution in [-0.2, 0) is 46.6 Å². The molecule has 0 fully saturated rings. The van der Waals surface area contributed by atoms with E-state index in [1.54, 1.807) is 24.3 Å². The quantitative estimate of drug-likeness (QED) is 0.0264. The summed E-state index contributed by atoms with van der Waals surface area (Å²) in [5, 5.41) is 30.9. The largest absolute Gasteiger partial charge is 0.493 e. The van der Waals surface area contributed by atoms with E-state index in [-0.39, 0.29) is 75.0 Å². The van der Waals surface area contributed by atoms with E-state index in [1.807, 2.05) is 38.1 Å². The van der Waals surface area contributed by atoms with E-state index < -0.39 is 29.2 Å². The van der Waals surface area contributed by atoms with Crippen LogP contribution in [0.1, 0.15) is 95.8 Å². The van der Waals surface area contributed by atoms with Gasteiger partial charge in [-0.25, -0.2) is 4.79 Å². The summed E-state index contributed by atoms with van der Waals surface area (Å²) in [6, 6.07) is 12.5. The van der Waals surface area contributed by atoms with E-state index in [9.17, 15) is 34.7 Å². The van der Waals surface area contributed by atoms with Crippen LogP contribution < -0.4 is 9.47 Å². The van der Waals surface area contributed by atoms with E-state index in [1.165, 1.54) is 18.8 Å². The summed E-state index contributed by atoms with van der Waals surface area (Å²) in [7, 11) is 1.50. The molecule has 2 aliphatic carbocycles. The molecule has 14 heteroatoms. The number of allylic oxidation sites excluding steroid dienone is 3. The monoisotopic (exact) mass is 835 g/mol. The summed E-state index contributed by atoms with van der Waals surface area (Å²) in [4.78, 5) is 51.9. The van der Waals surface area contributed by atoms with E-state index in [0.29, 0.717) is 48.7 Å². The first-order valence-electron chi connectivity index (χ1n) is 20.9. The highest BCUT2D eigenvalue weighted by Gasteiger charge is 2.41. The number of ether oxygens (including phenoxy) is 5. The van der Waals surface area contributed by atoms with Crippen LogP contribution in [0.4, 0.5) is 0 Å². The average molecular weight is 836 g/mol. The predicted molar refractivity (Wildman–Crippen MR) is 223 cm³/mol. The maximum Gasteiger partial charge on any atom is 0.330 e. The molecular formula is C46H61NO13. The maximum absolute atomic E-state index is 12.8. The van der Waals surface area contributed by atoms with Crippen molar-refractivity contribution in [3.63, 3.8) is 0 Å². The highest BCUT2D eigenvalue weighted by molar-refractivity contribution is 5.87. The Bertz CT molecular complexity index is 1820. The van der Waals surface area contributed by atoms with Crippen molar-refractivity contribution in [2.24, 2.45) is 29.6 Å². The predicted octanol–water partition coefficient (Wildman–Crippen LogP) is 7.51. The topological polar surface area (TPSA) is 190 Å². The first-order chi connectivity index (χ1) is 28.8. The Balaban J connectivity index is 1.20. The van der Waals surface area contributed by atoms with Crippen molar-refractivity contribution in [1.29, 1.82) is 0 Å². The Morgan fingerprint density at radius 2 is 1.73 bits per heavy atom. The van der Waals surface area contributed by atoms with Crippen LogP contribution in [0, 0.1) is 39.7 Å². The summed E-state index contributed by atoms with van der Waals surface area (Å²) in [6.07, 6.45) is 10.6. The van der Waals surface area contributed by atoms with Gasteiger partial charge in [0, 0.05) is 12.0 Å². The van der Waals surface area contributed by atoms with E-state index >= 15 is 0 Å². The number of rotatable bonds is 24. The normalized spacial score (nSPS) is 21.2. The van der Waals surface area contributed by atoms with Gasteiger partial charge >= 0.3 is 17.9 Å². The summed E-state index contributed by atoms with van der Waals surface area (Å²) >= 11 is 0. The summed E-state index contributed by atoms with van der Waals surface area (Å²) in [6.45, 7) is 8.41. The smallest absolute Gasteiger partial charge is 0.330 e. The number of fused-ring (bicyclic) bond motifs is 1. The molecule has 4 rings (SSSR count). The number of carbonyl (C=O) groups excluding carboxylic acids is 3. The van der Waals surface area contributed by atoms with Crippen molar-refractivity contribution >= 4 is 24.0 Å². The molecule has 0 radical (unpaired) electrons. The fourth-order valence-electron chi connectivity index (χ4n) is 7.57. The molecule has 0 bridgehead atoms. The zero-order chi connectivity index (χ0) is 43.6. The van der Waals surface area contributed by atoms with Crippen LogP contribution in [0.2, 0.25) is 0 Å². The molecule has 0 aromatic heterocycles. The van der Waals surface area contributed by atoms with Crippen LogP contribution in [0.5, 0.6) is 11.5 Å². The van der Waals surface area contributed by atoms with Crippen LogP contribution in [-0.4, -0.2) is 71.8 Å². The highest BCUT2D eigenvalue weighted by atomic mass is 16.9. The molecule has 2 aromatic rings. The van der Waals surface area contributed by atoms with Gasteiger partial charge in [0.1, 0.15) is 19.3 Å². The number of benzene rings is 2. The lowest BCUT2D eigenvalue weighted by Gasteiger charge is -2.43. The van der Waals surface area contributed by atoms with Gasteiger partial charge in [0.2, 0.25) is 0 Å². The van der Waals surface area contributed by atoms with Crippen LogP contribution in [0.3, 0.4) is 0 Å². The van der Waals surface area contributed by atoms with Crippen LogP contribution >= 0.6 is 0 Å². The second-order valence-electron chi connectivity index (χ2n) is 15.8. The number of carbonyl (C=O) groups is 3. The van der Waals surface area contributed by atoms with Gasteiger partial charge in [-0.05, 0) is 109 Å². The molecular weight excluding hydrogens is 775 g/mol. The Hall–Kier alpha value is -5.21.